The van der Waals surface area contributed by atoms with Crippen molar-refractivity contribution in [3.8, 4) is 0 Å². The van der Waals surface area contributed by atoms with E-state index in [1.54, 1.807) is 0 Å². The second kappa shape index (κ2) is 8.92. The smallest absolute Gasteiger partial charge is 0.0198 e. The summed E-state index contributed by atoms with van der Waals surface area (Å²) < 4.78 is 0. The third-order valence-corrected chi connectivity index (χ3v) is 4.08. The lowest BCUT2D eigenvalue weighted by atomic mass is 10.00. The van der Waals surface area contributed by atoms with E-state index < -0.39 is 0 Å². The van der Waals surface area contributed by atoms with Crippen LogP contribution in [-0.2, 0) is 0 Å². The Bertz CT molecular complexity index is 203. The Labute approximate surface area is 115 Å². The number of hydrogen-bond donors (Lipinski definition) is 1. The van der Waals surface area contributed by atoms with Crippen molar-refractivity contribution >= 4 is 0 Å². The Balaban J connectivity index is 2.20. The third kappa shape index (κ3) is 6.19. The maximum Gasteiger partial charge on any atom is 0.0198 e. The van der Waals surface area contributed by atoms with Crippen LogP contribution in [0, 0.1) is 5.92 Å². The molecule has 1 fully saturated rings. The maximum atomic E-state index is 3.70. The van der Waals surface area contributed by atoms with Gasteiger partial charge in [-0.2, -0.15) is 0 Å². The highest BCUT2D eigenvalue weighted by molar-refractivity contribution is 4.84. The van der Waals surface area contributed by atoms with Crippen LogP contribution in [0.2, 0.25) is 0 Å². The number of rotatable bonds is 8. The zero-order valence-electron chi connectivity index (χ0n) is 13.0. The molecule has 108 valence electrons. The molecule has 0 aromatic heterocycles. The largest absolute Gasteiger partial charge is 0.311 e. The molecule has 2 nitrogen and oxygen atoms in total. The minimum atomic E-state index is 0.719. The first-order valence-electron chi connectivity index (χ1n) is 8.11. The average molecular weight is 254 g/mol. The van der Waals surface area contributed by atoms with Gasteiger partial charge >= 0.3 is 0 Å². The lowest BCUT2D eigenvalue weighted by Gasteiger charge is -2.39. The summed E-state index contributed by atoms with van der Waals surface area (Å²) >= 11 is 0. The van der Waals surface area contributed by atoms with E-state index in [0.717, 1.165) is 18.0 Å². The molecule has 0 saturated carbocycles. The Morgan fingerprint density at radius 1 is 1.17 bits per heavy atom. The van der Waals surface area contributed by atoms with Crippen LogP contribution in [0.4, 0.5) is 0 Å². The molecule has 0 aromatic carbocycles. The van der Waals surface area contributed by atoms with Crippen molar-refractivity contribution in [3.05, 3.63) is 0 Å². The van der Waals surface area contributed by atoms with E-state index in [-0.39, 0.29) is 0 Å². The van der Waals surface area contributed by atoms with Crippen molar-refractivity contribution in [2.75, 3.05) is 19.6 Å². The van der Waals surface area contributed by atoms with E-state index in [9.17, 15) is 0 Å². The van der Waals surface area contributed by atoms with Crippen LogP contribution in [0.25, 0.3) is 0 Å². The Morgan fingerprint density at radius 3 is 2.56 bits per heavy atom. The van der Waals surface area contributed by atoms with E-state index in [4.69, 9.17) is 0 Å². The summed E-state index contributed by atoms with van der Waals surface area (Å²) in [6, 6.07) is 1.44. The standard InChI is InChI=1S/C16H34N2/c1-5-6-7-8-9-10-18-13-16(11-14(2)3)17-12-15(18)4/h14-17H,5-13H2,1-4H3. The monoisotopic (exact) mass is 254 g/mol. The maximum absolute atomic E-state index is 3.70. The second-order valence-electron chi connectivity index (χ2n) is 6.49. The summed E-state index contributed by atoms with van der Waals surface area (Å²) in [6.07, 6.45) is 8.30. The molecule has 1 aliphatic rings. The van der Waals surface area contributed by atoms with Gasteiger partial charge in [0, 0.05) is 25.2 Å². The van der Waals surface area contributed by atoms with Crippen LogP contribution >= 0.6 is 0 Å². The van der Waals surface area contributed by atoms with Gasteiger partial charge in [0.15, 0.2) is 0 Å². The van der Waals surface area contributed by atoms with Gasteiger partial charge in [-0.15, -0.1) is 0 Å². The molecule has 0 bridgehead atoms. The summed E-state index contributed by atoms with van der Waals surface area (Å²) in [5.41, 5.74) is 0. The molecule has 1 N–H and O–H groups in total. The summed E-state index contributed by atoms with van der Waals surface area (Å²) in [5, 5.41) is 3.70. The molecule has 1 saturated heterocycles. The van der Waals surface area contributed by atoms with Crippen LogP contribution in [-0.4, -0.2) is 36.6 Å². The van der Waals surface area contributed by atoms with Gasteiger partial charge < -0.3 is 5.32 Å². The highest BCUT2D eigenvalue weighted by atomic mass is 15.2. The first kappa shape index (κ1) is 16.0. The van der Waals surface area contributed by atoms with Crippen molar-refractivity contribution in [2.24, 2.45) is 5.92 Å². The molecule has 0 spiro atoms. The van der Waals surface area contributed by atoms with Crippen LogP contribution in [0.1, 0.15) is 66.2 Å². The molecular weight excluding hydrogens is 220 g/mol. The van der Waals surface area contributed by atoms with Crippen molar-refractivity contribution in [3.63, 3.8) is 0 Å². The molecule has 0 aliphatic carbocycles. The number of nitrogens with zero attached hydrogens (tertiary/aromatic N) is 1. The summed E-state index contributed by atoms with van der Waals surface area (Å²) in [4.78, 5) is 2.70. The fraction of sp³-hybridized carbons (Fsp3) is 1.00. The third-order valence-electron chi connectivity index (χ3n) is 4.08. The Morgan fingerprint density at radius 2 is 1.89 bits per heavy atom. The summed E-state index contributed by atoms with van der Waals surface area (Å²) in [5.74, 6) is 0.808. The molecule has 0 amide bonds. The normalized spacial score (nSPS) is 25.8. The van der Waals surface area contributed by atoms with E-state index >= 15 is 0 Å². The van der Waals surface area contributed by atoms with Gasteiger partial charge in [-0.05, 0) is 32.2 Å². The van der Waals surface area contributed by atoms with E-state index in [1.807, 2.05) is 0 Å². The molecule has 2 heteroatoms. The number of hydrogen-bond acceptors (Lipinski definition) is 2. The highest BCUT2D eigenvalue weighted by Gasteiger charge is 2.24. The predicted octanol–water partition coefficient (Wildman–Crippen LogP) is 3.67. The van der Waals surface area contributed by atoms with Crippen molar-refractivity contribution < 1.29 is 0 Å². The number of piperazine rings is 1. The topological polar surface area (TPSA) is 15.3 Å². The van der Waals surface area contributed by atoms with Gasteiger partial charge in [0.2, 0.25) is 0 Å². The molecule has 0 aromatic rings. The van der Waals surface area contributed by atoms with Gasteiger partial charge in [0.1, 0.15) is 0 Å². The SMILES string of the molecule is CCCCCCCN1CC(CC(C)C)NCC1C. The first-order valence-corrected chi connectivity index (χ1v) is 8.11. The van der Waals surface area contributed by atoms with Crippen molar-refractivity contribution in [1.82, 2.24) is 10.2 Å². The molecule has 1 heterocycles. The highest BCUT2D eigenvalue weighted by Crippen LogP contribution is 2.14. The minimum Gasteiger partial charge on any atom is -0.311 e. The molecule has 1 rings (SSSR count). The van der Waals surface area contributed by atoms with E-state index in [0.29, 0.717) is 0 Å². The lowest BCUT2D eigenvalue weighted by molar-refractivity contribution is 0.129. The van der Waals surface area contributed by atoms with Gasteiger partial charge in [-0.1, -0.05) is 46.5 Å². The number of unbranched alkanes of at least 4 members (excludes halogenated alkanes) is 4. The molecular formula is C16H34N2. The molecule has 2 atom stereocenters. The van der Waals surface area contributed by atoms with Gasteiger partial charge in [0.05, 0.1) is 0 Å². The Kier molecular flexibility index (Phi) is 7.92. The van der Waals surface area contributed by atoms with Gasteiger partial charge in [-0.25, -0.2) is 0 Å². The van der Waals surface area contributed by atoms with E-state index in [2.05, 4.69) is 37.9 Å². The lowest BCUT2D eigenvalue weighted by Crippen LogP contribution is -2.55. The van der Waals surface area contributed by atoms with Crippen LogP contribution in [0.5, 0.6) is 0 Å². The molecule has 1 aliphatic heterocycles. The Hall–Kier alpha value is -0.0800. The quantitative estimate of drug-likeness (QED) is 0.665. The van der Waals surface area contributed by atoms with Crippen LogP contribution in [0.3, 0.4) is 0 Å². The molecule has 18 heavy (non-hydrogen) atoms. The molecule has 2 unspecified atom stereocenters. The summed E-state index contributed by atoms with van der Waals surface area (Å²) in [7, 11) is 0. The van der Waals surface area contributed by atoms with Crippen molar-refractivity contribution in [1.29, 1.82) is 0 Å². The molecule has 0 radical (unpaired) electrons. The fourth-order valence-corrected chi connectivity index (χ4v) is 2.95. The summed E-state index contributed by atoms with van der Waals surface area (Å²) in [6.45, 7) is 13.0. The van der Waals surface area contributed by atoms with E-state index in [1.165, 1.54) is 58.2 Å². The zero-order valence-corrected chi connectivity index (χ0v) is 13.0. The van der Waals surface area contributed by atoms with Gasteiger partial charge in [-0.3, -0.25) is 4.90 Å². The van der Waals surface area contributed by atoms with Crippen LogP contribution < -0.4 is 5.32 Å². The van der Waals surface area contributed by atoms with Crippen molar-refractivity contribution in [2.45, 2.75) is 78.3 Å². The average Bonchev–Trinajstić information content (AvgIpc) is 2.32. The predicted molar refractivity (Wildman–Crippen MR) is 81.0 cm³/mol. The first-order chi connectivity index (χ1) is 8.63. The zero-order chi connectivity index (χ0) is 13.4. The fourth-order valence-electron chi connectivity index (χ4n) is 2.95. The minimum absolute atomic E-state index is 0.719. The second-order valence-corrected chi connectivity index (χ2v) is 6.49. The van der Waals surface area contributed by atoms with Gasteiger partial charge in [0.25, 0.3) is 0 Å². The van der Waals surface area contributed by atoms with Crippen LogP contribution in [0.15, 0.2) is 0 Å². The number of nitrogens with one attached hydrogen (secondary N) is 1.